The van der Waals surface area contributed by atoms with Crippen LogP contribution in [0.2, 0.25) is 0 Å². The predicted molar refractivity (Wildman–Crippen MR) is 130 cm³/mol. The molecule has 7 nitrogen and oxygen atoms in total. The van der Waals surface area contributed by atoms with Gasteiger partial charge in [0.15, 0.2) is 0 Å². The Morgan fingerprint density at radius 1 is 1.16 bits per heavy atom. The molecule has 1 saturated heterocycles. The van der Waals surface area contributed by atoms with Crippen molar-refractivity contribution >= 4 is 44.8 Å². The lowest BCUT2D eigenvalue weighted by Gasteiger charge is -2.29. The lowest BCUT2D eigenvalue weighted by molar-refractivity contribution is 0.102. The quantitative estimate of drug-likeness (QED) is 0.378. The van der Waals surface area contributed by atoms with Crippen LogP contribution in [0.25, 0.3) is 10.8 Å². The number of ether oxygens (including phenoxy) is 1. The summed E-state index contributed by atoms with van der Waals surface area (Å²) in [6, 6.07) is 14.6. The van der Waals surface area contributed by atoms with Crippen LogP contribution in [-0.4, -0.2) is 52.6 Å². The first kappa shape index (κ1) is 22.0. The normalized spacial score (nSPS) is 14.8. The predicted octanol–water partition coefficient (Wildman–Crippen LogP) is 4.63. The maximum absolute atomic E-state index is 12.8. The number of fused-ring (bicyclic) bond motifs is 1. The van der Waals surface area contributed by atoms with E-state index in [9.17, 15) is 4.79 Å². The summed E-state index contributed by atoms with van der Waals surface area (Å²) in [4.78, 5) is 19.5. The van der Waals surface area contributed by atoms with Gasteiger partial charge >= 0.3 is 0 Å². The molecule has 1 aromatic heterocycles. The van der Waals surface area contributed by atoms with Crippen molar-refractivity contribution in [2.24, 2.45) is 0 Å². The number of carbonyl (C=O) groups is 1. The van der Waals surface area contributed by atoms with E-state index in [1.165, 1.54) is 0 Å². The van der Waals surface area contributed by atoms with Crippen LogP contribution in [0.1, 0.15) is 28.8 Å². The standard InChI is InChI=1S/C24H25N5O2S/c1-29-9-7-20(8-10-29)31-21-4-2-3-17(12-21)24(30)28-22-13-19-11-16(23(26)32-15-25)5-6-18(19)14-27-22/h2-6,11-15,20,25-26H,7-10H2,1H3,(H,27,28,30). The van der Waals surface area contributed by atoms with Crippen LogP contribution in [0.3, 0.4) is 0 Å². The summed E-state index contributed by atoms with van der Waals surface area (Å²) in [5.41, 5.74) is 2.36. The van der Waals surface area contributed by atoms with E-state index in [4.69, 9.17) is 15.6 Å². The molecule has 32 heavy (non-hydrogen) atoms. The molecule has 0 unspecified atom stereocenters. The fourth-order valence-electron chi connectivity index (χ4n) is 3.67. The summed E-state index contributed by atoms with van der Waals surface area (Å²) in [5, 5.41) is 20.1. The zero-order chi connectivity index (χ0) is 22.5. The highest BCUT2D eigenvalue weighted by molar-refractivity contribution is 8.25. The van der Waals surface area contributed by atoms with Crippen molar-refractivity contribution in [2.75, 3.05) is 25.5 Å². The molecule has 0 aliphatic carbocycles. The molecule has 0 spiro atoms. The number of nitrogens with one attached hydrogen (secondary N) is 3. The van der Waals surface area contributed by atoms with Crippen LogP contribution in [0.15, 0.2) is 54.7 Å². The molecule has 164 valence electrons. The molecule has 1 amide bonds. The van der Waals surface area contributed by atoms with E-state index >= 15 is 0 Å². The van der Waals surface area contributed by atoms with Crippen molar-refractivity contribution in [3.8, 4) is 5.75 Å². The van der Waals surface area contributed by atoms with E-state index < -0.39 is 0 Å². The third-order valence-corrected chi connectivity index (χ3v) is 6.06. The summed E-state index contributed by atoms with van der Waals surface area (Å²) in [5.74, 6) is 0.881. The zero-order valence-corrected chi connectivity index (χ0v) is 18.6. The summed E-state index contributed by atoms with van der Waals surface area (Å²) in [7, 11) is 2.11. The second kappa shape index (κ2) is 9.93. The van der Waals surface area contributed by atoms with Crippen molar-refractivity contribution in [3.63, 3.8) is 0 Å². The Morgan fingerprint density at radius 3 is 2.75 bits per heavy atom. The van der Waals surface area contributed by atoms with Crippen molar-refractivity contribution in [3.05, 3.63) is 65.9 Å². The smallest absolute Gasteiger partial charge is 0.256 e. The van der Waals surface area contributed by atoms with Crippen molar-refractivity contribution in [1.29, 1.82) is 10.8 Å². The molecule has 3 N–H and O–H groups in total. The van der Waals surface area contributed by atoms with Gasteiger partial charge in [-0.1, -0.05) is 30.0 Å². The van der Waals surface area contributed by atoms with Crippen LogP contribution in [0.4, 0.5) is 5.82 Å². The molecule has 2 aromatic carbocycles. The molecular weight excluding hydrogens is 422 g/mol. The number of piperidine rings is 1. The van der Waals surface area contributed by atoms with E-state index in [1.807, 2.05) is 30.3 Å². The molecule has 0 atom stereocenters. The summed E-state index contributed by atoms with van der Waals surface area (Å²) >= 11 is 1.04. The van der Waals surface area contributed by atoms with Gasteiger partial charge in [-0.3, -0.25) is 10.2 Å². The number of pyridine rings is 1. The maximum Gasteiger partial charge on any atom is 0.256 e. The molecule has 0 bridgehead atoms. The highest BCUT2D eigenvalue weighted by Crippen LogP contribution is 2.23. The van der Waals surface area contributed by atoms with Crippen molar-refractivity contribution in [2.45, 2.75) is 18.9 Å². The Morgan fingerprint density at radius 2 is 1.97 bits per heavy atom. The number of amides is 1. The number of likely N-dealkylation sites (tertiary alicyclic amines) is 1. The highest BCUT2D eigenvalue weighted by atomic mass is 32.2. The zero-order valence-electron chi connectivity index (χ0n) is 17.8. The van der Waals surface area contributed by atoms with E-state index in [-0.39, 0.29) is 12.0 Å². The van der Waals surface area contributed by atoms with E-state index in [2.05, 4.69) is 22.2 Å². The van der Waals surface area contributed by atoms with Crippen LogP contribution in [-0.2, 0) is 0 Å². The molecule has 0 saturated carbocycles. The number of anilines is 1. The number of thioether (sulfide) groups is 1. The monoisotopic (exact) mass is 447 g/mol. The van der Waals surface area contributed by atoms with Gasteiger partial charge in [-0.05, 0) is 55.6 Å². The van der Waals surface area contributed by atoms with Crippen LogP contribution in [0, 0.1) is 10.8 Å². The van der Waals surface area contributed by atoms with Gasteiger partial charge < -0.3 is 20.4 Å². The molecule has 3 aromatic rings. The first-order valence-corrected chi connectivity index (χ1v) is 11.3. The number of carbonyl (C=O) groups excluding carboxylic acids is 1. The summed E-state index contributed by atoms with van der Waals surface area (Å²) in [6.07, 6.45) is 3.82. The van der Waals surface area contributed by atoms with Gasteiger partial charge in [-0.25, -0.2) is 4.98 Å². The lowest BCUT2D eigenvalue weighted by atomic mass is 10.1. The Kier molecular flexibility index (Phi) is 6.82. The fraction of sp³-hybridized carbons (Fsp3) is 0.250. The van der Waals surface area contributed by atoms with Gasteiger partial charge in [-0.15, -0.1) is 0 Å². The van der Waals surface area contributed by atoms with Crippen molar-refractivity contribution in [1.82, 2.24) is 9.88 Å². The second-order valence-corrected chi connectivity index (χ2v) is 8.68. The van der Waals surface area contributed by atoms with Gasteiger partial charge in [0.05, 0.1) is 10.6 Å². The largest absolute Gasteiger partial charge is 0.490 e. The van der Waals surface area contributed by atoms with Crippen LogP contribution < -0.4 is 10.1 Å². The molecule has 0 radical (unpaired) electrons. The molecule has 1 fully saturated rings. The number of rotatable bonds is 6. The molecule has 8 heteroatoms. The van der Waals surface area contributed by atoms with E-state index in [0.29, 0.717) is 27.7 Å². The highest BCUT2D eigenvalue weighted by Gasteiger charge is 2.18. The number of benzene rings is 2. The SMILES string of the molecule is CN1CCC(Oc2cccc(C(=O)Nc3cc4cc(C(=N)SC=N)ccc4cn3)c2)CC1. The van der Waals surface area contributed by atoms with Gasteiger partial charge in [-0.2, -0.15) is 0 Å². The summed E-state index contributed by atoms with van der Waals surface area (Å²) < 4.78 is 6.10. The van der Waals surface area contributed by atoms with E-state index in [0.717, 1.165) is 54.0 Å². The summed E-state index contributed by atoms with van der Waals surface area (Å²) in [6.45, 7) is 2.03. The first-order valence-electron chi connectivity index (χ1n) is 10.4. The van der Waals surface area contributed by atoms with Gasteiger partial charge in [0.25, 0.3) is 5.91 Å². The molecule has 1 aliphatic rings. The topological polar surface area (TPSA) is 102 Å². The Bertz CT molecular complexity index is 1160. The average Bonchev–Trinajstić information content (AvgIpc) is 2.80. The van der Waals surface area contributed by atoms with Crippen LogP contribution in [0.5, 0.6) is 5.75 Å². The number of nitrogens with zero attached hydrogens (tertiary/aromatic N) is 2. The van der Waals surface area contributed by atoms with Gasteiger partial charge in [0, 0.05) is 35.8 Å². The number of hydrogen-bond donors (Lipinski definition) is 3. The minimum absolute atomic E-state index is 0.172. The lowest BCUT2D eigenvalue weighted by Crippen LogP contribution is -2.35. The second-order valence-electron chi connectivity index (χ2n) is 7.80. The van der Waals surface area contributed by atoms with Gasteiger partial charge in [0.1, 0.15) is 17.7 Å². The molecular formula is C24H25N5O2S. The Labute approximate surface area is 191 Å². The van der Waals surface area contributed by atoms with E-state index in [1.54, 1.807) is 24.4 Å². The molecule has 2 heterocycles. The number of hydrogen-bond acceptors (Lipinski definition) is 7. The maximum atomic E-state index is 12.8. The molecule has 4 rings (SSSR count). The molecule has 1 aliphatic heterocycles. The van der Waals surface area contributed by atoms with Crippen molar-refractivity contribution < 1.29 is 9.53 Å². The van der Waals surface area contributed by atoms with Crippen LogP contribution >= 0.6 is 11.8 Å². The Balaban J connectivity index is 1.47. The average molecular weight is 448 g/mol. The third-order valence-electron chi connectivity index (χ3n) is 5.47. The first-order chi connectivity index (χ1) is 15.5. The third kappa shape index (κ3) is 5.33. The minimum Gasteiger partial charge on any atom is -0.490 e. The number of aromatic nitrogens is 1. The Hall–Kier alpha value is -3.23. The minimum atomic E-state index is -0.256. The van der Waals surface area contributed by atoms with Gasteiger partial charge in [0.2, 0.25) is 0 Å². The fourth-order valence-corrected chi connectivity index (χ4v) is 4.05.